The monoisotopic (exact) mass is 330 g/mol. The fourth-order valence-electron chi connectivity index (χ4n) is 2.94. The van der Waals surface area contributed by atoms with Crippen LogP contribution >= 0.6 is 0 Å². The first-order valence-electron chi connectivity index (χ1n) is 9.97. The Bertz CT molecular complexity index is 394. The lowest BCUT2D eigenvalue weighted by molar-refractivity contribution is 0.469. The van der Waals surface area contributed by atoms with Gasteiger partial charge in [-0.05, 0) is 76.5 Å². The predicted octanol–water partition coefficient (Wildman–Crippen LogP) is 8.28. The van der Waals surface area contributed by atoms with Gasteiger partial charge >= 0.3 is 0 Å². The maximum absolute atomic E-state index is 4.44. The summed E-state index contributed by atoms with van der Waals surface area (Å²) in [6.45, 7) is 19.6. The van der Waals surface area contributed by atoms with E-state index >= 15 is 0 Å². The van der Waals surface area contributed by atoms with E-state index in [2.05, 4.69) is 72.1 Å². The molecule has 0 aliphatic heterocycles. The standard InChI is InChI=1S/C24H42/c1-8-10-11-14-22(6)17-19-24(18-16-21(5)9-2)23(7)15-12-13-20(3)4/h8-10,17,20-21,24H,2,7,11-16,18-19H2,1,3-6H3. The zero-order valence-corrected chi connectivity index (χ0v) is 17.1. The smallest absolute Gasteiger partial charge is 0.0171 e. The molecule has 0 spiro atoms. The van der Waals surface area contributed by atoms with Crippen LogP contribution in [0, 0.1) is 17.8 Å². The van der Waals surface area contributed by atoms with Gasteiger partial charge in [0.25, 0.3) is 0 Å². The molecule has 2 unspecified atom stereocenters. The van der Waals surface area contributed by atoms with Gasteiger partial charge in [-0.15, -0.1) is 6.58 Å². The van der Waals surface area contributed by atoms with Crippen LogP contribution < -0.4 is 0 Å². The molecular weight excluding hydrogens is 288 g/mol. The van der Waals surface area contributed by atoms with Crippen molar-refractivity contribution in [2.45, 2.75) is 86.0 Å². The molecule has 0 rings (SSSR count). The number of allylic oxidation sites excluding steroid dienone is 6. The van der Waals surface area contributed by atoms with Crippen molar-refractivity contribution in [2.75, 3.05) is 0 Å². The molecular formula is C24H42. The Morgan fingerprint density at radius 3 is 2.33 bits per heavy atom. The molecule has 0 saturated carbocycles. The van der Waals surface area contributed by atoms with Gasteiger partial charge in [0.1, 0.15) is 0 Å². The van der Waals surface area contributed by atoms with Crippen molar-refractivity contribution in [1.82, 2.24) is 0 Å². The Labute approximate surface area is 152 Å². The van der Waals surface area contributed by atoms with Gasteiger partial charge in [-0.3, -0.25) is 0 Å². The lowest BCUT2D eigenvalue weighted by Gasteiger charge is -2.20. The van der Waals surface area contributed by atoms with Crippen molar-refractivity contribution in [3.05, 3.63) is 48.6 Å². The summed E-state index contributed by atoms with van der Waals surface area (Å²) in [6, 6.07) is 0. The quantitative estimate of drug-likeness (QED) is 0.281. The fraction of sp³-hybridized carbons (Fsp3) is 0.667. The Morgan fingerprint density at radius 2 is 1.75 bits per heavy atom. The normalized spacial score (nSPS) is 15.0. The molecule has 0 heterocycles. The molecule has 0 radical (unpaired) electrons. The van der Waals surface area contributed by atoms with E-state index < -0.39 is 0 Å². The highest BCUT2D eigenvalue weighted by molar-refractivity contribution is 5.07. The van der Waals surface area contributed by atoms with Crippen LogP contribution in [0.3, 0.4) is 0 Å². The van der Waals surface area contributed by atoms with Crippen LogP contribution in [0.1, 0.15) is 86.0 Å². The third kappa shape index (κ3) is 12.4. The molecule has 2 atom stereocenters. The lowest BCUT2D eigenvalue weighted by Crippen LogP contribution is -2.06. The van der Waals surface area contributed by atoms with E-state index in [9.17, 15) is 0 Å². The highest BCUT2D eigenvalue weighted by Crippen LogP contribution is 2.28. The molecule has 138 valence electrons. The molecule has 0 aliphatic carbocycles. The van der Waals surface area contributed by atoms with Crippen LogP contribution in [0.25, 0.3) is 0 Å². The zero-order valence-electron chi connectivity index (χ0n) is 17.1. The minimum atomic E-state index is 0.607. The summed E-state index contributed by atoms with van der Waals surface area (Å²) in [5, 5.41) is 0. The largest absolute Gasteiger partial charge is 0.103 e. The predicted molar refractivity (Wildman–Crippen MR) is 112 cm³/mol. The lowest BCUT2D eigenvalue weighted by atomic mass is 9.85. The summed E-state index contributed by atoms with van der Waals surface area (Å²) in [5.74, 6) is 2.04. The van der Waals surface area contributed by atoms with Crippen LogP contribution in [0.2, 0.25) is 0 Å². The van der Waals surface area contributed by atoms with E-state index in [1.165, 1.54) is 49.7 Å². The number of hydrogen-bond acceptors (Lipinski definition) is 0. The molecule has 24 heavy (non-hydrogen) atoms. The second kappa shape index (κ2) is 14.3. The van der Waals surface area contributed by atoms with Crippen molar-refractivity contribution in [2.24, 2.45) is 17.8 Å². The van der Waals surface area contributed by atoms with Gasteiger partial charge < -0.3 is 0 Å². The summed E-state index contributed by atoms with van der Waals surface area (Å²) in [7, 11) is 0. The Kier molecular flexibility index (Phi) is 13.7. The van der Waals surface area contributed by atoms with Crippen molar-refractivity contribution in [3.63, 3.8) is 0 Å². The first-order valence-corrected chi connectivity index (χ1v) is 9.97. The molecule has 0 aliphatic rings. The first-order chi connectivity index (χ1) is 11.4. The first kappa shape index (κ1) is 23.0. The van der Waals surface area contributed by atoms with Crippen LogP contribution in [-0.4, -0.2) is 0 Å². The third-order valence-electron chi connectivity index (χ3n) is 4.92. The van der Waals surface area contributed by atoms with Gasteiger partial charge in [0.2, 0.25) is 0 Å². The summed E-state index contributed by atoms with van der Waals surface area (Å²) in [6.07, 6.45) is 18.7. The Morgan fingerprint density at radius 1 is 1.04 bits per heavy atom. The van der Waals surface area contributed by atoms with Crippen molar-refractivity contribution >= 4 is 0 Å². The molecule has 0 aromatic heterocycles. The maximum atomic E-state index is 4.44. The third-order valence-corrected chi connectivity index (χ3v) is 4.92. The topological polar surface area (TPSA) is 0 Å². The van der Waals surface area contributed by atoms with E-state index in [1.54, 1.807) is 0 Å². The van der Waals surface area contributed by atoms with E-state index in [0.717, 1.165) is 18.8 Å². The summed E-state index contributed by atoms with van der Waals surface area (Å²) >= 11 is 0. The highest BCUT2D eigenvalue weighted by Gasteiger charge is 2.13. The second-order valence-electron chi connectivity index (χ2n) is 7.83. The molecule has 0 fully saturated rings. The minimum Gasteiger partial charge on any atom is -0.103 e. The molecule has 0 aromatic carbocycles. The Balaban J connectivity index is 4.57. The van der Waals surface area contributed by atoms with Crippen molar-refractivity contribution < 1.29 is 0 Å². The van der Waals surface area contributed by atoms with Crippen molar-refractivity contribution in [1.29, 1.82) is 0 Å². The highest BCUT2D eigenvalue weighted by atomic mass is 14.2. The van der Waals surface area contributed by atoms with Crippen LogP contribution in [0.5, 0.6) is 0 Å². The van der Waals surface area contributed by atoms with E-state index in [4.69, 9.17) is 0 Å². The maximum Gasteiger partial charge on any atom is -0.0171 e. The van der Waals surface area contributed by atoms with E-state index in [-0.39, 0.29) is 0 Å². The fourth-order valence-corrected chi connectivity index (χ4v) is 2.94. The minimum absolute atomic E-state index is 0.607. The van der Waals surface area contributed by atoms with Crippen LogP contribution in [0.15, 0.2) is 48.6 Å². The van der Waals surface area contributed by atoms with Gasteiger partial charge in [-0.25, -0.2) is 0 Å². The molecule has 0 bridgehead atoms. The summed E-state index contributed by atoms with van der Waals surface area (Å²) < 4.78 is 0. The second-order valence-corrected chi connectivity index (χ2v) is 7.83. The molecule has 0 heteroatoms. The molecule has 0 amide bonds. The molecule has 0 saturated heterocycles. The Hall–Kier alpha value is -1.04. The van der Waals surface area contributed by atoms with Crippen LogP contribution in [-0.2, 0) is 0 Å². The van der Waals surface area contributed by atoms with Crippen molar-refractivity contribution in [3.8, 4) is 0 Å². The average Bonchev–Trinajstić information content (AvgIpc) is 2.54. The summed E-state index contributed by atoms with van der Waals surface area (Å²) in [5.41, 5.74) is 2.98. The van der Waals surface area contributed by atoms with Gasteiger partial charge in [0, 0.05) is 0 Å². The number of hydrogen-bond donors (Lipinski definition) is 0. The molecule has 0 nitrogen and oxygen atoms in total. The van der Waals surface area contributed by atoms with Gasteiger partial charge in [0.15, 0.2) is 0 Å². The molecule has 0 N–H and O–H groups in total. The van der Waals surface area contributed by atoms with Gasteiger partial charge in [0.05, 0.1) is 0 Å². The van der Waals surface area contributed by atoms with Gasteiger partial charge in [-0.1, -0.05) is 69.2 Å². The van der Waals surface area contributed by atoms with Gasteiger partial charge in [-0.2, -0.15) is 0 Å². The molecule has 0 aromatic rings. The zero-order chi connectivity index (χ0) is 18.4. The van der Waals surface area contributed by atoms with E-state index in [1.807, 2.05) is 0 Å². The average molecular weight is 331 g/mol. The number of rotatable bonds is 14. The SMILES string of the molecule is C=CC(C)CCC(CC=C(C)CCC=CC)C(=C)CCCC(C)C. The summed E-state index contributed by atoms with van der Waals surface area (Å²) in [4.78, 5) is 0. The van der Waals surface area contributed by atoms with E-state index in [0.29, 0.717) is 11.8 Å². The van der Waals surface area contributed by atoms with Crippen LogP contribution in [0.4, 0.5) is 0 Å².